The minimum Gasteiger partial charge on any atom is -0.465 e. The van der Waals surface area contributed by atoms with Crippen molar-refractivity contribution in [2.75, 3.05) is 19.5 Å². The summed E-state index contributed by atoms with van der Waals surface area (Å²) in [7, 11) is 2.94. The number of carbonyl (C=O) groups excluding carboxylic acids is 2. The summed E-state index contributed by atoms with van der Waals surface area (Å²) >= 11 is 0. The summed E-state index contributed by atoms with van der Waals surface area (Å²) in [6.45, 7) is 1.87. The zero-order chi connectivity index (χ0) is 21.3. The van der Waals surface area contributed by atoms with E-state index in [0.29, 0.717) is 34.6 Å². The molecule has 3 aromatic rings. The molecule has 1 aliphatic rings. The number of benzene rings is 1. The first-order chi connectivity index (χ1) is 14.4. The minimum absolute atomic E-state index is 0.192. The summed E-state index contributed by atoms with van der Waals surface area (Å²) < 4.78 is 15.6. The van der Waals surface area contributed by atoms with Gasteiger partial charge < -0.3 is 23.9 Å². The van der Waals surface area contributed by atoms with Crippen LogP contribution in [0.25, 0.3) is 11.5 Å². The molecule has 1 fully saturated rings. The number of nitrogens with zero attached hydrogens (tertiary/aromatic N) is 3. The Kier molecular flexibility index (Phi) is 5.26. The first-order valence-corrected chi connectivity index (χ1v) is 9.58. The lowest BCUT2D eigenvalue weighted by Gasteiger charge is -2.16. The number of methoxy groups -OCH3 is 1. The van der Waals surface area contributed by atoms with Gasteiger partial charge in [0.1, 0.15) is 17.1 Å². The molecule has 0 saturated heterocycles. The summed E-state index contributed by atoms with van der Waals surface area (Å²) in [5.41, 5.74) is 1.68. The van der Waals surface area contributed by atoms with Gasteiger partial charge >= 0.3 is 12.0 Å². The molecule has 4 rings (SSSR count). The average molecular weight is 410 g/mol. The number of ether oxygens (including phenoxy) is 1. The van der Waals surface area contributed by atoms with E-state index in [-0.39, 0.29) is 12.6 Å². The zero-order valence-corrected chi connectivity index (χ0v) is 17.0. The van der Waals surface area contributed by atoms with Gasteiger partial charge in [-0.25, -0.2) is 9.59 Å². The number of hydrogen-bond donors (Lipinski definition) is 1. The van der Waals surface area contributed by atoms with Crippen LogP contribution in [-0.4, -0.2) is 41.2 Å². The number of furan rings is 1. The van der Waals surface area contributed by atoms with Crippen LogP contribution in [-0.2, 0) is 11.3 Å². The van der Waals surface area contributed by atoms with Gasteiger partial charge in [0.2, 0.25) is 0 Å². The first kappa shape index (κ1) is 19.7. The smallest absolute Gasteiger partial charge is 0.341 e. The Labute approximate surface area is 173 Å². The molecule has 30 heavy (non-hydrogen) atoms. The van der Waals surface area contributed by atoms with E-state index in [4.69, 9.17) is 13.7 Å². The molecular formula is C21H22N4O5. The van der Waals surface area contributed by atoms with Gasteiger partial charge in [-0.1, -0.05) is 11.2 Å². The fourth-order valence-electron chi connectivity index (χ4n) is 3.05. The number of nitrogens with one attached hydrogen (secondary N) is 1. The van der Waals surface area contributed by atoms with Crippen LogP contribution in [0.4, 0.5) is 10.5 Å². The highest BCUT2D eigenvalue weighted by Gasteiger charge is 2.29. The van der Waals surface area contributed by atoms with Gasteiger partial charge in [0.25, 0.3) is 5.89 Å². The molecule has 0 atom stereocenters. The van der Waals surface area contributed by atoms with E-state index < -0.39 is 5.97 Å². The Hall–Kier alpha value is -3.62. The molecule has 1 saturated carbocycles. The van der Waals surface area contributed by atoms with Crippen molar-refractivity contribution in [3.8, 4) is 11.5 Å². The van der Waals surface area contributed by atoms with Gasteiger partial charge in [-0.15, -0.1) is 0 Å². The van der Waals surface area contributed by atoms with Crippen molar-refractivity contribution >= 4 is 17.7 Å². The van der Waals surface area contributed by atoms with E-state index in [1.54, 1.807) is 32.2 Å². The number of aryl methyl sites for hydroxylation is 1. The number of rotatable bonds is 6. The highest BCUT2D eigenvalue weighted by atomic mass is 16.5. The molecule has 2 amide bonds. The largest absolute Gasteiger partial charge is 0.465 e. The molecule has 2 heterocycles. The lowest BCUT2D eigenvalue weighted by molar-refractivity contribution is 0.0598. The van der Waals surface area contributed by atoms with E-state index in [1.165, 1.54) is 12.0 Å². The number of esters is 1. The van der Waals surface area contributed by atoms with Crippen LogP contribution in [0.1, 0.15) is 46.5 Å². The molecule has 1 aromatic carbocycles. The summed E-state index contributed by atoms with van der Waals surface area (Å²) in [5.74, 6) is 2.03. The Morgan fingerprint density at radius 2 is 2.10 bits per heavy atom. The molecule has 2 aromatic heterocycles. The van der Waals surface area contributed by atoms with Crippen molar-refractivity contribution in [3.63, 3.8) is 0 Å². The Balaban J connectivity index is 1.41. The number of amides is 2. The van der Waals surface area contributed by atoms with Crippen LogP contribution < -0.4 is 5.32 Å². The number of urea groups is 1. The Morgan fingerprint density at radius 3 is 2.83 bits per heavy atom. The molecule has 156 valence electrons. The van der Waals surface area contributed by atoms with Crippen LogP contribution in [0.3, 0.4) is 0 Å². The van der Waals surface area contributed by atoms with E-state index in [2.05, 4.69) is 15.5 Å². The Morgan fingerprint density at radius 1 is 1.30 bits per heavy atom. The van der Waals surface area contributed by atoms with E-state index >= 15 is 0 Å². The van der Waals surface area contributed by atoms with Crippen molar-refractivity contribution in [2.24, 2.45) is 0 Å². The maximum absolute atomic E-state index is 12.6. The predicted octanol–water partition coefficient (Wildman–Crippen LogP) is 3.97. The zero-order valence-electron chi connectivity index (χ0n) is 17.0. The highest BCUT2D eigenvalue weighted by Crippen LogP contribution is 2.39. The summed E-state index contributed by atoms with van der Waals surface area (Å²) in [6, 6.07) is 8.47. The predicted molar refractivity (Wildman–Crippen MR) is 107 cm³/mol. The normalized spacial score (nSPS) is 13.2. The number of hydrogen-bond acceptors (Lipinski definition) is 7. The molecule has 0 bridgehead atoms. The summed E-state index contributed by atoms with van der Waals surface area (Å²) in [4.78, 5) is 30.2. The Bertz CT molecular complexity index is 1080. The van der Waals surface area contributed by atoms with Crippen LogP contribution in [0.5, 0.6) is 0 Å². The van der Waals surface area contributed by atoms with Gasteiger partial charge in [-0.3, -0.25) is 0 Å². The van der Waals surface area contributed by atoms with Crippen molar-refractivity contribution in [1.82, 2.24) is 15.0 Å². The molecule has 0 unspecified atom stereocenters. The molecule has 1 N–H and O–H groups in total. The number of carbonyl (C=O) groups is 2. The quantitative estimate of drug-likeness (QED) is 0.612. The van der Waals surface area contributed by atoms with E-state index in [0.717, 1.165) is 24.2 Å². The molecule has 0 radical (unpaired) electrons. The van der Waals surface area contributed by atoms with Crippen molar-refractivity contribution < 1.29 is 23.3 Å². The SMILES string of the molecule is COC(=O)c1cc(CN(C)C(=O)Nc2cccc(-c3nc(C4CC4)no3)c2)oc1C. The van der Waals surface area contributed by atoms with Gasteiger partial charge in [-0.05, 0) is 44.0 Å². The first-order valence-electron chi connectivity index (χ1n) is 9.58. The van der Waals surface area contributed by atoms with E-state index in [9.17, 15) is 9.59 Å². The maximum atomic E-state index is 12.6. The van der Waals surface area contributed by atoms with Crippen molar-refractivity contribution in [3.05, 3.63) is 53.2 Å². The molecule has 9 heteroatoms. The third-order valence-corrected chi connectivity index (χ3v) is 4.86. The monoisotopic (exact) mass is 410 g/mol. The average Bonchev–Trinajstić information content (AvgIpc) is 3.35. The molecule has 9 nitrogen and oxygen atoms in total. The minimum atomic E-state index is -0.475. The van der Waals surface area contributed by atoms with Gasteiger partial charge in [0.15, 0.2) is 5.82 Å². The molecule has 0 aliphatic heterocycles. The lowest BCUT2D eigenvalue weighted by atomic mass is 10.2. The van der Waals surface area contributed by atoms with Crippen LogP contribution in [0, 0.1) is 6.92 Å². The second-order valence-electron chi connectivity index (χ2n) is 7.27. The second kappa shape index (κ2) is 8.02. The van der Waals surface area contributed by atoms with Crippen molar-refractivity contribution in [2.45, 2.75) is 32.2 Å². The highest BCUT2D eigenvalue weighted by molar-refractivity contribution is 5.91. The maximum Gasteiger partial charge on any atom is 0.341 e. The van der Waals surface area contributed by atoms with Gasteiger partial charge in [0.05, 0.1) is 13.7 Å². The summed E-state index contributed by atoms with van der Waals surface area (Å²) in [6.07, 6.45) is 2.19. The molecular weight excluding hydrogens is 388 g/mol. The van der Waals surface area contributed by atoms with Crippen LogP contribution >= 0.6 is 0 Å². The molecule has 1 aliphatic carbocycles. The topological polar surface area (TPSA) is 111 Å². The van der Waals surface area contributed by atoms with Crippen molar-refractivity contribution in [1.29, 1.82) is 0 Å². The fourth-order valence-corrected chi connectivity index (χ4v) is 3.05. The number of aromatic nitrogens is 2. The fraction of sp³-hybridized carbons (Fsp3) is 0.333. The van der Waals surface area contributed by atoms with Crippen LogP contribution in [0.2, 0.25) is 0 Å². The number of anilines is 1. The van der Waals surface area contributed by atoms with Gasteiger partial charge in [0, 0.05) is 24.2 Å². The lowest BCUT2D eigenvalue weighted by Crippen LogP contribution is -2.30. The molecule has 0 spiro atoms. The second-order valence-corrected chi connectivity index (χ2v) is 7.27. The third kappa shape index (κ3) is 4.19. The van der Waals surface area contributed by atoms with Crippen LogP contribution in [0.15, 0.2) is 39.3 Å². The standard InChI is InChI=1S/C21H22N4O5/c1-12-17(20(26)28-3)10-16(29-12)11-25(2)21(27)22-15-6-4-5-14(9-15)19-23-18(24-30-19)13-7-8-13/h4-6,9-10,13H,7-8,11H2,1-3H3,(H,22,27). The summed E-state index contributed by atoms with van der Waals surface area (Å²) in [5, 5.41) is 6.86. The third-order valence-electron chi connectivity index (χ3n) is 4.86. The van der Waals surface area contributed by atoms with Gasteiger partial charge in [-0.2, -0.15) is 4.98 Å². The van der Waals surface area contributed by atoms with E-state index in [1.807, 2.05) is 12.1 Å².